The molecule has 1 rings (SSSR count). The number of hydrogen-bond donors (Lipinski definition) is 1. The molecule has 3 heteroatoms. The van der Waals surface area contributed by atoms with Crippen molar-refractivity contribution in [2.45, 2.75) is 64.7 Å². The molecule has 1 fully saturated rings. The minimum atomic E-state index is 0.0835. The molecule has 1 saturated carbocycles. The van der Waals surface area contributed by atoms with Gasteiger partial charge in [-0.05, 0) is 25.2 Å². The number of amides is 1. The first-order valence-electron chi connectivity index (χ1n) is 7.66. The summed E-state index contributed by atoms with van der Waals surface area (Å²) in [6, 6.07) is 0. The molecule has 0 atom stereocenters. The van der Waals surface area contributed by atoms with Crippen LogP contribution in [0.15, 0.2) is 0 Å². The molecule has 0 heterocycles. The Kier molecular flexibility index (Phi) is 8.06. The molecule has 0 aromatic carbocycles. The lowest BCUT2D eigenvalue weighted by Crippen LogP contribution is -2.35. The number of aliphatic hydroxyl groups is 1. The first-order chi connectivity index (χ1) is 8.77. The van der Waals surface area contributed by atoms with E-state index in [-0.39, 0.29) is 12.5 Å². The predicted octanol–water partition coefficient (Wildman–Crippen LogP) is 2.97. The summed E-state index contributed by atoms with van der Waals surface area (Å²) in [5.74, 6) is 0.840. The number of carbonyl (C=O) groups excluding carboxylic acids is 1. The van der Waals surface area contributed by atoms with Crippen molar-refractivity contribution in [3.8, 4) is 0 Å². The smallest absolute Gasteiger partial charge is 0.222 e. The van der Waals surface area contributed by atoms with Crippen LogP contribution in [0.3, 0.4) is 0 Å². The average molecular weight is 255 g/mol. The van der Waals surface area contributed by atoms with Gasteiger partial charge in [0.1, 0.15) is 0 Å². The number of carbonyl (C=O) groups is 1. The zero-order valence-electron chi connectivity index (χ0n) is 11.9. The Labute approximate surface area is 112 Å². The molecular formula is C15H29NO2. The molecule has 0 bridgehead atoms. The highest BCUT2D eigenvalue weighted by molar-refractivity contribution is 5.76. The van der Waals surface area contributed by atoms with Crippen molar-refractivity contribution in [2.75, 3.05) is 19.7 Å². The summed E-state index contributed by atoms with van der Waals surface area (Å²) in [6.07, 6.45) is 10.5. The third-order valence-electron chi connectivity index (χ3n) is 3.94. The Bertz CT molecular complexity index is 223. The molecule has 0 saturated heterocycles. The van der Waals surface area contributed by atoms with E-state index in [1.807, 2.05) is 4.90 Å². The van der Waals surface area contributed by atoms with Crippen LogP contribution in [0, 0.1) is 5.92 Å². The number of hydrogen-bond acceptors (Lipinski definition) is 2. The summed E-state index contributed by atoms with van der Waals surface area (Å²) in [5.41, 5.74) is 0. The van der Waals surface area contributed by atoms with Crippen LogP contribution in [0.5, 0.6) is 0 Å². The molecule has 18 heavy (non-hydrogen) atoms. The fraction of sp³-hybridized carbons (Fsp3) is 0.933. The number of unbranched alkanes of at least 4 members (excludes halogenated alkanes) is 1. The second-order valence-electron chi connectivity index (χ2n) is 5.52. The van der Waals surface area contributed by atoms with E-state index in [2.05, 4.69) is 6.92 Å². The number of nitrogens with zero attached hydrogens (tertiary/aromatic N) is 1. The lowest BCUT2D eigenvalue weighted by Gasteiger charge is -2.24. The van der Waals surface area contributed by atoms with Gasteiger partial charge in [-0.1, -0.05) is 39.0 Å². The highest BCUT2D eigenvalue weighted by atomic mass is 16.3. The van der Waals surface area contributed by atoms with E-state index in [9.17, 15) is 4.79 Å². The Hall–Kier alpha value is -0.570. The molecule has 106 valence electrons. The van der Waals surface area contributed by atoms with Gasteiger partial charge in [-0.25, -0.2) is 0 Å². The largest absolute Gasteiger partial charge is 0.395 e. The van der Waals surface area contributed by atoms with Crippen molar-refractivity contribution in [2.24, 2.45) is 5.92 Å². The lowest BCUT2D eigenvalue weighted by atomic mass is 9.96. The maximum Gasteiger partial charge on any atom is 0.222 e. The minimum absolute atomic E-state index is 0.0835. The fourth-order valence-corrected chi connectivity index (χ4v) is 2.77. The Balaban J connectivity index is 2.38. The van der Waals surface area contributed by atoms with Crippen molar-refractivity contribution in [3.63, 3.8) is 0 Å². The maximum atomic E-state index is 12.2. The molecule has 0 aromatic heterocycles. The standard InChI is InChI=1S/C15H29NO2/c1-2-3-10-16(11-12-17)15(18)13-14-8-6-4-5-7-9-14/h14,17H,2-13H2,1H3. The van der Waals surface area contributed by atoms with Gasteiger partial charge in [-0.3, -0.25) is 4.79 Å². The van der Waals surface area contributed by atoms with Gasteiger partial charge < -0.3 is 10.0 Å². The monoisotopic (exact) mass is 255 g/mol. The van der Waals surface area contributed by atoms with E-state index < -0.39 is 0 Å². The topological polar surface area (TPSA) is 40.5 Å². The third kappa shape index (κ3) is 5.85. The van der Waals surface area contributed by atoms with Gasteiger partial charge in [-0.2, -0.15) is 0 Å². The van der Waals surface area contributed by atoms with Crippen LogP contribution < -0.4 is 0 Å². The SMILES string of the molecule is CCCCN(CCO)C(=O)CC1CCCCCC1. The molecule has 0 unspecified atom stereocenters. The summed E-state index contributed by atoms with van der Waals surface area (Å²) in [6.45, 7) is 3.53. The first kappa shape index (κ1) is 15.5. The van der Waals surface area contributed by atoms with Crippen molar-refractivity contribution < 1.29 is 9.90 Å². The quantitative estimate of drug-likeness (QED) is 0.711. The summed E-state index contributed by atoms with van der Waals surface area (Å²) in [5, 5.41) is 9.04. The number of rotatable bonds is 7. The molecule has 0 aromatic rings. The first-order valence-corrected chi connectivity index (χ1v) is 7.66. The van der Waals surface area contributed by atoms with Crippen molar-refractivity contribution >= 4 is 5.91 Å². The Morgan fingerprint density at radius 1 is 1.17 bits per heavy atom. The van der Waals surface area contributed by atoms with Gasteiger partial charge in [0.05, 0.1) is 6.61 Å². The van der Waals surface area contributed by atoms with Gasteiger partial charge in [0.2, 0.25) is 5.91 Å². The van der Waals surface area contributed by atoms with Gasteiger partial charge in [0.15, 0.2) is 0 Å². The molecular weight excluding hydrogens is 226 g/mol. The average Bonchev–Trinajstić information content (AvgIpc) is 2.63. The molecule has 0 spiro atoms. The van der Waals surface area contributed by atoms with Crippen LogP contribution in [0.2, 0.25) is 0 Å². The normalized spacial score (nSPS) is 17.4. The molecule has 3 nitrogen and oxygen atoms in total. The Morgan fingerprint density at radius 3 is 2.39 bits per heavy atom. The van der Waals surface area contributed by atoms with Gasteiger partial charge in [0.25, 0.3) is 0 Å². The second-order valence-corrected chi connectivity index (χ2v) is 5.52. The van der Waals surface area contributed by atoms with Crippen LogP contribution in [0.4, 0.5) is 0 Å². The van der Waals surface area contributed by atoms with Crippen LogP contribution in [0.25, 0.3) is 0 Å². The van der Waals surface area contributed by atoms with Crippen LogP contribution in [-0.4, -0.2) is 35.6 Å². The van der Waals surface area contributed by atoms with Crippen LogP contribution in [-0.2, 0) is 4.79 Å². The second kappa shape index (κ2) is 9.37. The highest BCUT2D eigenvalue weighted by Gasteiger charge is 2.19. The van der Waals surface area contributed by atoms with E-state index in [0.29, 0.717) is 18.9 Å². The zero-order valence-corrected chi connectivity index (χ0v) is 11.9. The van der Waals surface area contributed by atoms with Crippen LogP contribution in [0.1, 0.15) is 64.7 Å². The van der Waals surface area contributed by atoms with E-state index >= 15 is 0 Å². The summed E-state index contributed by atoms with van der Waals surface area (Å²) >= 11 is 0. The van der Waals surface area contributed by atoms with Crippen molar-refractivity contribution in [3.05, 3.63) is 0 Å². The zero-order chi connectivity index (χ0) is 13.2. The van der Waals surface area contributed by atoms with Crippen LogP contribution >= 0.6 is 0 Å². The van der Waals surface area contributed by atoms with Gasteiger partial charge >= 0.3 is 0 Å². The van der Waals surface area contributed by atoms with Gasteiger partial charge in [0, 0.05) is 19.5 Å². The fourth-order valence-electron chi connectivity index (χ4n) is 2.77. The van der Waals surface area contributed by atoms with Crippen molar-refractivity contribution in [1.82, 2.24) is 4.90 Å². The minimum Gasteiger partial charge on any atom is -0.395 e. The van der Waals surface area contributed by atoms with Crippen molar-refractivity contribution in [1.29, 1.82) is 0 Å². The summed E-state index contributed by atoms with van der Waals surface area (Å²) in [4.78, 5) is 14.1. The summed E-state index contributed by atoms with van der Waals surface area (Å²) in [7, 11) is 0. The molecule has 0 radical (unpaired) electrons. The Morgan fingerprint density at radius 2 is 1.83 bits per heavy atom. The third-order valence-corrected chi connectivity index (χ3v) is 3.94. The maximum absolute atomic E-state index is 12.2. The molecule has 1 aliphatic rings. The molecule has 1 aliphatic carbocycles. The molecule has 1 N–H and O–H groups in total. The highest BCUT2D eigenvalue weighted by Crippen LogP contribution is 2.26. The van der Waals surface area contributed by atoms with E-state index in [0.717, 1.165) is 19.4 Å². The molecule has 0 aliphatic heterocycles. The number of aliphatic hydroxyl groups excluding tert-OH is 1. The molecule has 1 amide bonds. The lowest BCUT2D eigenvalue weighted by molar-refractivity contribution is -0.132. The summed E-state index contributed by atoms with van der Waals surface area (Å²) < 4.78 is 0. The van der Waals surface area contributed by atoms with Gasteiger partial charge in [-0.15, -0.1) is 0 Å². The van der Waals surface area contributed by atoms with E-state index in [4.69, 9.17) is 5.11 Å². The van der Waals surface area contributed by atoms with E-state index in [1.54, 1.807) is 0 Å². The predicted molar refractivity (Wildman–Crippen MR) is 74.4 cm³/mol. The van der Waals surface area contributed by atoms with E-state index in [1.165, 1.54) is 38.5 Å².